The molecular weight excluding hydrogens is 430 g/mol. The van der Waals surface area contributed by atoms with E-state index in [0.29, 0.717) is 5.57 Å². The monoisotopic (exact) mass is 459 g/mol. The van der Waals surface area contributed by atoms with Gasteiger partial charge in [-0.25, -0.2) is 16.8 Å². The average Bonchev–Trinajstić information content (AvgIpc) is 2.73. The zero-order chi connectivity index (χ0) is 23.0. The Hall–Kier alpha value is -2.38. The van der Waals surface area contributed by atoms with Crippen molar-refractivity contribution in [2.24, 2.45) is 5.92 Å². The van der Waals surface area contributed by atoms with E-state index < -0.39 is 31.2 Å². The summed E-state index contributed by atoms with van der Waals surface area (Å²) in [7, 11) is -7.55. The maximum atomic E-state index is 13.4. The summed E-state index contributed by atoms with van der Waals surface area (Å²) in [6.07, 6.45) is 3.06. The minimum Gasteiger partial charge on any atom is -0.270 e. The summed E-state index contributed by atoms with van der Waals surface area (Å²) in [6, 6.07) is 12.9. The van der Waals surface area contributed by atoms with Crippen molar-refractivity contribution in [1.29, 1.82) is 0 Å². The van der Waals surface area contributed by atoms with Crippen molar-refractivity contribution < 1.29 is 16.8 Å². The van der Waals surface area contributed by atoms with Crippen molar-refractivity contribution in [3.63, 3.8) is 0 Å². The van der Waals surface area contributed by atoms with Crippen LogP contribution in [0.2, 0.25) is 0 Å². The van der Waals surface area contributed by atoms with Crippen molar-refractivity contribution in [2.45, 2.75) is 55.2 Å². The molecule has 0 fully saturated rings. The molecule has 2 atom stereocenters. The lowest BCUT2D eigenvalue weighted by molar-refractivity contribution is 0.286. The molecule has 0 unspecified atom stereocenters. The SMILES string of the molecule is C=CC1=CN(S(=O)(=O)c2ccc(C)cc2)[C@@H](C(C)C)C[C@@H]1S(=O)(=O)c1ccc(C)cc1. The molecule has 1 heterocycles. The van der Waals surface area contributed by atoms with Gasteiger partial charge in [0.15, 0.2) is 9.84 Å². The molecule has 5 nitrogen and oxygen atoms in total. The first-order valence-electron chi connectivity index (χ1n) is 10.2. The number of allylic oxidation sites excluding steroid dienone is 1. The highest BCUT2D eigenvalue weighted by Gasteiger charge is 2.42. The first-order chi connectivity index (χ1) is 14.5. The molecule has 1 aliphatic heterocycles. The quantitative estimate of drug-likeness (QED) is 0.631. The van der Waals surface area contributed by atoms with Crippen molar-refractivity contribution >= 4 is 19.9 Å². The molecule has 0 radical (unpaired) electrons. The first-order valence-corrected chi connectivity index (χ1v) is 13.2. The van der Waals surface area contributed by atoms with E-state index in [9.17, 15) is 16.8 Å². The number of hydrogen-bond acceptors (Lipinski definition) is 4. The third-order valence-electron chi connectivity index (χ3n) is 5.76. The van der Waals surface area contributed by atoms with Crippen LogP contribution in [0.25, 0.3) is 0 Å². The maximum absolute atomic E-state index is 13.4. The Morgan fingerprint density at radius 3 is 1.84 bits per heavy atom. The molecule has 31 heavy (non-hydrogen) atoms. The summed E-state index contributed by atoms with van der Waals surface area (Å²) in [4.78, 5) is 0.413. The number of hydrogen-bond donors (Lipinski definition) is 0. The Kier molecular flexibility index (Phi) is 6.48. The predicted molar refractivity (Wildman–Crippen MR) is 124 cm³/mol. The van der Waals surface area contributed by atoms with Crippen molar-refractivity contribution in [1.82, 2.24) is 4.31 Å². The number of sulfonamides is 1. The standard InChI is InChI=1S/C24H29NO4S2/c1-6-20-16-25(31(28,29)22-13-9-19(5)10-14-22)23(17(2)3)15-24(20)30(26,27)21-11-7-18(4)8-12-21/h6-14,16-17,23-24H,1,15H2,2-5H3/t23-,24+/m1/s1. The van der Waals surface area contributed by atoms with Gasteiger partial charge >= 0.3 is 0 Å². The van der Waals surface area contributed by atoms with E-state index in [4.69, 9.17) is 0 Å². The van der Waals surface area contributed by atoms with Gasteiger partial charge in [-0.1, -0.05) is 61.9 Å². The number of sulfone groups is 1. The van der Waals surface area contributed by atoms with Gasteiger partial charge in [-0.2, -0.15) is 0 Å². The molecule has 0 amide bonds. The summed E-state index contributed by atoms with van der Waals surface area (Å²) >= 11 is 0. The van der Waals surface area contributed by atoms with Crippen molar-refractivity contribution in [3.8, 4) is 0 Å². The molecule has 166 valence electrons. The van der Waals surface area contributed by atoms with Crippen LogP contribution in [0.5, 0.6) is 0 Å². The van der Waals surface area contributed by atoms with E-state index in [2.05, 4.69) is 6.58 Å². The molecule has 2 aromatic carbocycles. The van der Waals surface area contributed by atoms with E-state index in [1.165, 1.54) is 16.6 Å². The fourth-order valence-corrected chi connectivity index (χ4v) is 7.29. The van der Waals surface area contributed by atoms with Crippen LogP contribution < -0.4 is 0 Å². The smallest absolute Gasteiger partial charge is 0.264 e. The van der Waals surface area contributed by atoms with Gasteiger partial charge in [0.2, 0.25) is 0 Å². The van der Waals surface area contributed by atoms with Gasteiger partial charge in [0.05, 0.1) is 15.0 Å². The van der Waals surface area contributed by atoms with Crippen LogP contribution in [0, 0.1) is 19.8 Å². The van der Waals surface area contributed by atoms with Crippen molar-refractivity contribution in [2.75, 3.05) is 0 Å². The number of rotatable bonds is 6. The predicted octanol–water partition coefficient (Wildman–Crippen LogP) is 4.63. The lowest BCUT2D eigenvalue weighted by Crippen LogP contribution is -2.47. The van der Waals surface area contributed by atoms with Gasteiger partial charge < -0.3 is 0 Å². The van der Waals surface area contributed by atoms with Gasteiger partial charge in [-0.05, 0) is 56.0 Å². The third-order valence-corrected chi connectivity index (χ3v) is 9.70. The lowest BCUT2D eigenvalue weighted by Gasteiger charge is -2.39. The van der Waals surface area contributed by atoms with Crippen molar-refractivity contribution in [3.05, 3.63) is 84.1 Å². The molecule has 0 spiro atoms. The molecule has 0 saturated heterocycles. The molecule has 0 aromatic heterocycles. The molecule has 0 aliphatic carbocycles. The Morgan fingerprint density at radius 1 is 0.903 bits per heavy atom. The molecule has 2 aromatic rings. The minimum absolute atomic E-state index is 0.0847. The third kappa shape index (κ3) is 4.48. The maximum Gasteiger partial charge on any atom is 0.264 e. The largest absolute Gasteiger partial charge is 0.270 e. The van der Waals surface area contributed by atoms with E-state index in [0.717, 1.165) is 11.1 Å². The molecule has 0 bridgehead atoms. The van der Waals surface area contributed by atoms with Crippen LogP contribution in [-0.2, 0) is 19.9 Å². The zero-order valence-electron chi connectivity index (χ0n) is 18.3. The summed E-state index contributed by atoms with van der Waals surface area (Å²) < 4.78 is 55.1. The second kappa shape index (κ2) is 8.63. The lowest BCUT2D eigenvalue weighted by atomic mass is 9.93. The van der Waals surface area contributed by atoms with Crippen LogP contribution in [0.1, 0.15) is 31.4 Å². The van der Waals surface area contributed by atoms with Gasteiger partial charge in [-0.15, -0.1) is 0 Å². The highest BCUT2D eigenvalue weighted by Crippen LogP contribution is 2.36. The first kappa shape index (κ1) is 23.3. The zero-order valence-corrected chi connectivity index (χ0v) is 19.9. The average molecular weight is 460 g/mol. The van der Waals surface area contributed by atoms with Gasteiger partial charge in [-0.3, -0.25) is 4.31 Å². The Labute approximate surface area is 186 Å². The fraction of sp³-hybridized carbons (Fsp3) is 0.333. The minimum atomic E-state index is -3.84. The molecule has 3 rings (SSSR count). The Bertz CT molecular complexity index is 1190. The Balaban J connectivity index is 2.11. The van der Waals surface area contributed by atoms with Gasteiger partial charge in [0.1, 0.15) is 0 Å². The van der Waals surface area contributed by atoms with Crippen LogP contribution in [0.3, 0.4) is 0 Å². The Morgan fingerprint density at radius 2 is 1.39 bits per heavy atom. The van der Waals surface area contributed by atoms with Crippen LogP contribution in [-0.4, -0.2) is 32.4 Å². The van der Waals surface area contributed by atoms with E-state index in [-0.39, 0.29) is 22.1 Å². The van der Waals surface area contributed by atoms with Crippen LogP contribution >= 0.6 is 0 Å². The molecule has 7 heteroatoms. The molecule has 0 saturated carbocycles. The number of aryl methyl sites for hydroxylation is 2. The molecule has 0 N–H and O–H groups in total. The van der Waals surface area contributed by atoms with Crippen LogP contribution in [0.4, 0.5) is 0 Å². The van der Waals surface area contributed by atoms with Gasteiger partial charge in [0, 0.05) is 12.2 Å². The van der Waals surface area contributed by atoms with Gasteiger partial charge in [0.25, 0.3) is 10.0 Å². The molecular formula is C24H29NO4S2. The van der Waals surface area contributed by atoms with Crippen LogP contribution in [0.15, 0.2) is 82.7 Å². The summed E-state index contributed by atoms with van der Waals surface area (Å²) in [6.45, 7) is 11.4. The second-order valence-electron chi connectivity index (χ2n) is 8.38. The van der Waals surface area contributed by atoms with E-state index in [1.807, 2.05) is 27.7 Å². The normalized spacial score (nSPS) is 19.9. The van der Waals surface area contributed by atoms with E-state index >= 15 is 0 Å². The number of benzene rings is 2. The highest BCUT2D eigenvalue weighted by atomic mass is 32.2. The molecule has 1 aliphatic rings. The topological polar surface area (TPSA) is 71.5 Å². The summed E-state index contributed by atoms with van der Waals surface area (Å²) in [5.41, 5.74) is 2.32. The summed E-state index contributed by atoms with van der Waals surface area (Å²) in [5.74, 6) is -0.0847. The summed E-state index contributed by atoms with van der Waals surface area (Å²) in [5, 5.41) is -0.857. The van der Waals surface area contributed by atoms with E-state index in [1.54, 1.807) is 48.5 Å². The second-order valence-corrected chi connectivity index (χ2v) is 12.3. The number of nitrogens with zero attached hydrogens (tertiary/aromatic N) is 1. The fourth-order valence-electron chi connectivity index (χ4n) is 3.81. The highest BCUT2D eigenvalue weighted by molar-refractivity contribution is 7.92.